The lowest BCUT2D eigenvalue weighted by Crippen LogP contribution is -2.13. The van der Waals surface area contributed by atoms with Gasteiger partial charge in [0.05, 0.1) is 5.01 Å². The van der Waals surface area contributed by atoms with Gasteiger partial charge in [-0.2, -0.15) is 0 Å². The van der Waals surface area contributed by atoms with Gasteiger partial charge in [-0.05, 0) is 6.42 Å². The molecule has 1 aromatic rings. The molecule has 0 aliphatic rings. The molecule has 0 aliphatic carbocycles. The van der Waals surface area contributed by atoms with Crippen LogP contribution >= 0.6 is 27.3 Å². The van der Waals surface area contributed by atoms with Crippen LogP contribution in [0.2, 0.25) is 0 Å². The van der Waals surface area contributed by atoms with E-state index in [1.165, 1.54) is 9.88 Å². The number of hydrogen-bond acceptors (Lipinski definition) is 3. The lowest BCUT2D eigenvalue weighted by Gasteiger charge is -1.99. The molecule has 0 unspecified atom stereocenters. The van der Waals surface area contributed by atoms with E-state index in [4.69, 9.17) is 0 Å². The van der Waals surface area contributed by atoms with Crippen molar-refractivity contribution >= 4 is 27.3 Å². The summed E-state index contributed by atoms with van der Waals surface area (Å²) in [6.45, 7) is 7.55. The van der Waals surface area contributed by atoms with Crippen molar-refractivity contribution in [2.24, 2.45) is 0 Å². The van der Waals surface area contributed by atoms with Gasteiger partial charge in [-0.25, -0.2) is 4.98 Å². The molecular weight excluding hydrogens is 248 g/mol. The second kappa shape index (κ2) is 5.52. The zero-order valence-corrected chi connectivity index (χ0v) is 10.0. The van der Waals surface area contributed by atoms with Crippen LogP contribution in [0.15, 0.2) is 17.3 Å². The minimum Gasteiger partial charge on any atom is -0.307 e. The van der Waals surface area contributed by atoms with Gasteiger partial charge in [-0.1, -0.05) is 29.4 Å². The molecule has 0 aliphatic heterocycles. The van der Waals surface area contributed by atoms with Crippen LogP contribution in [0.5, 0.6) is 0 Å². The molecule has 13 heavy (non-hydrogen) atoms. The van der Waals surface area contributed by atoms with Gasteiger partial charge in [0, 0.05) is 28.6 Å². The van der Waals surface area contributed by atoms with Crippen LogP contribution in [0, 0.1) is 0 Å². The van der Waals surface area contributed by atoms with E-state index in [0.717, 1.165) is 24.0 Å². The predicted molar refractivity (Wildman–Crippen MR) is 61.3 cm³/mol. The first-order valence-electron chi connectivity index (χ1n) is 4.20. The third kappa shape index (κ3) is 4.02. The number of aromatic nitrogens is 1. The quantitative estimate of drug-likeness (QED) is 0.881. The summed E-state index contributed by atoms with van der Waals surface area (Å²) in [5, 5.41) is 4.47. The zero-order chi connectivity index (χ0) is 9.68. The highest BCUT2D eigenvalue weighted by Crippen LogP contribution is 2.12. The first kappa shape index (κ1) is 10.9. The number of thiazole rings is 1. The van der Waals surface area contributed by atoms with Crippen molar-refractivity contribution in [1.29, 1.82) is 0 Å². The van der Waals surface area contributed by atoms with Gasteiger partial charge in [0.25, 0.3) is 0 Å². The standard InChI is InChI=1S/C9H13BrN2S/c1-3-9-12-6-8(13-9)5-11-4-7(2)10/h6,11H,2-5H2,1H3. The fraction of sp³-hybridized carbons (Fsp3) is 0.444. The largest absolute Gasteiger partial charge is 0.307 e. The van der Waals surface area contributed by atoms with Gasteiger partial charge in [-0.3, -0.25) is 0 Å². The number of aryl methyl sites for hydroxylation is 1. The number of hydrogen-bond donors (Lipinski definition) is 1. The van der Waals surface area contributed by atoms with Crippen LogP contribution in [0.3, 0.4) is 0 Å². The van der Waals surface area contributed by atoms with Gasteiger partial charge >= 0.3 is 0 Å². The molecule has 1 aromatic heterocycles. The van der Waals surface area contributed by atoms with Crippen molar-refractivity contribution in [3.8, 4) is 0 Å². The summed E-state index contributed by atoms with van der Waals surface area (Å²) in [6.07, 6.45) is 2.96. The van der Waals surface area contributed by atoms with Crippen LogP contribution < -0.4 is 5.32 Å². The molecule has 0 bridgehead atoms. The Kier molecular flexibility index (Phi) is 4.62. The summed E-state index contributed by atoms with van der Waals surface area (Å²) in [7, 11) is 0. The molecule has 0 saturated heterocycles. The smallest absolute Gasteiger partial charge is 0.0925 e. The molecule has 0 amide bonds. The van der Waals surface area contributed by atoms with Crippen molar-refractivity contribution in [2.45, 2.75) is 19.9 Å². The number of rotatable bonds is 5. The van der Waals surface area contributed by atoms with Gasteiger partial charge < -0.3 is 5.32 Å². The molecule has 0 spiro atoms. The molecule has 4 heteroatoms. The summed E-state index contributed by atoms with van der Waals surface area (Å²) < 4.78 is 0.979. The van der Waals surface area contributed by atoms with E-state index in [0.29, 0.717) is 0 Å². The van der Waals surface area contributed by atoms with E-state index in [1.807, 2.05) is 6.20 Å². The van der Waals surface area contributed by atoms with Crippen molar-refractivity contribution in [2.75, 3.05) is 6.54 Å². The van der Waals surface area contributed by atoms with E-state index in [-0.39, 0.29) is 0 Å². The molecule has 1 rings (SSSR count). The predicted octanol–water partition coefficient (Wildman–Crippen LogP) is 2.70. The lowest BCUT2D eigenvalue weighted by atomic mass is 10.5. The van der Waals surface area contributed by atoms with Crippen LogP contribution in [-0.4, -0.2) is 11.5 Å². The third-order valence-electron chi connectivity index (χ3n) is 1.52. The maximum Gasteiger partial charge on any atom is 0.0925 e. The summed E-state index contributed by atoms with van der Waals surface area (Å²) in [4.78, 5) is 5.56. The van der Waals surface area contributed by atoms with Gasteiger partial charge in [0.15, 0.2) is 0 Å². The fourth-order valence-corrected chi connectivity index (χ4v) is 1.94. The van der Waals surface area contributed by atoms with E-state index in [1.54, 1.807) is 11.3 Å². The second-order valence-corrected chi connectivity index (χ2v) is 5.02. The third-order valence-corrected chi connectivity index (χ3v) is 2.94. The molecule has 0 fully saturated rings. The van der Waals surface area contributed by atoms with Crippen molar-refractivity contribution in [3.05, 3.63) is 27.1 Å². The highest BCUT2D eigenvalue weighted by Gasteiger charge is 1.98. The first-order chi connectivity index (χ1) is 6.22. The Morgan fingerprint density at radius 3 is 3.08 bits per heavy atom. The Morgan fingerprint density at radius 2 is 2.54 bits per heavy atom. The Hall–Kier alpha value is -0.190. The topological polar surface area (TPSA) is 24.9 Å². The second-order valence-electron chi connectivity index (χ2n) is 2.69. The minimum atomic E-state index is 0.805. The van der Waals surface area contributed by atoms with Gasteiger partial charge in [-0.15, -0.1) is 11.3 Å². The molecule has 0 atom stereocenters. The zero-order valence-electron chi connectivity index (χ0n) is 7.64. The number of nitrogens with one attached hydrogen (secondary N) is 1. The molecule has 0 saturated carbocycles. The molecule has 0 aromatic carbocycles. The van der Waals surface area contributed by atoms with Gasteiger partial charge in [0.1, 0.15) is 0 Å². The monoisotopic (exact) mass is 260 g/mol. The van der Waals surface area contributed by atoms with Gasteiger partial charge in [0.2, 0.25) is 0 Å². The highest BCUT2D eigenvalue weighted by molar-refractivity contribution is 9.11. The fourth-order valence-electron chi connectivity index (χ4n) is 0.915. The Balaban J connectivity index is 2.32. The van der Waals surface area contributed by atoms with Crippen LogP contribution in [0.4, 0.5) is 0 Å². The van der Waals surface area contributed by atoms with Crippen LogP contribution in [0.25, 0.3) is 0 Å². The Bertz CT molecular complexity index is 283. The molecule has 1 heterocycles. The number of halogens is 1. The van der Waals surface area contributed by atoms with Crippen molar-refractivity contribution < 1.29 is 0 Å². The maximum atomic E-state index is 4.28. The summed E-state index contributed by atoms with van der Waals surface area (Å²) in [5.41, 5.74) is 0. The normalized spacial score (nSPS) is 10.3. The first-order valence-corrected chi connectivity index (χ1v) is 5.81. The Morgan fingerprint density at radius 1 is 1.77 bits per heavy atom. The minimum absolute atomic E-state index is 0.805. The molecule has 0 radical (unpaired) electrons. The SMILES string of the molecule is C=C(Br)CNCc1cnc(CC)s1. The summed E-state index contributed by atoms with van der Waals surface area (Å²) in [6, 6.07) is 0. The summed E-state index contributed by atoms with van der Waals surface area (Å²) >= 11 is 5.06. The lowest BCUT2D eigenvalue weighted by molar-refractivity contribution is 0.766. The van der Waals surface area contributed by atoms with Crippen molar-refractivity contribution in [3.63, 3.8) is 0 Å². The van der Waals surface area contributed by atoms with Crippen LogP contribution in [-0.2, 0) is 13.0 Å². The van der Waals surface area contributed by atoms with E-state index >= 15 is 0 Å². The average molecular weight is 261 g/mol. The maximum absolute atomic E-state index is 4.28. The molecule has 72 valence electrons. The van der Waals surface area contributed by atoms with Crippen LogP contribution in [0.1, 0.15) is 16.8 Å². The highest BCUT2D eigenvalue weighted by atomic mass is 79.9. The van der Waals surface area contributed by atoms with Crippen molar-refractivity contribution in [1.82, 2.24) is 10.3 Å². The van der Waals surface area contributed by atoms with E-state index < -0.39 is 0 Å². The average Bonchev–Trinajstić information content (AvgIpc) is 2.52. The van der Waals surface area contributed by atoms with E-state index in [2.05, 4.69) is 39.7 Å². The number of nitrogens with zero attached hydrogens (tertiary/aromatic N) is 1. The molecule has 1 N–H and O–H groups in total. The van der Waals surface area contributed by atoms with E-state index in [9.17, 15) is 0 Å². The molecular formula is C9H13BrN2S. The molecule has 2 nitrogen and oxygen atoms in total. The summed E-state index contributed by atoms with van der Waals surface area (Å²) in [5.74, 6) is 0. The Labute approximate surface area is 91.2 Å².